The minimum atomic E-state index is -1.13. The zero-order valence-corrected chi connectivity index (χ0v) is 15.2. The van der Waals surface area contributed by atoms with Gasteiger partial charge >= 0.3 is 0 Å². The predicted molar refractivity (Wildman–Crippen MR) is 99.7 cm³/mol. The van der Waals surface area contributed by atoms with E-state index in [0.29, 0.717) is 33.7 Å². The van der Waals surface area contributed by atoms with Crippen LogP contribution in [0.2, 0.25) is 0 Å². The molecule has 3 heterocycles. The summed E-state index contributed by atoms with van der Waals surface area (Å²) >= 11 is 0. The van der Waals surface area contributed by atoms with E-state index in [0.717, 1.165) is 0 Å². The number of amides is 2. The molecule has 3 aromatic rings. The van der Waals surface area contributed by atoms with Crippen LogP contribution in [0, 0.1) is 6.92 Å². The Morgan fingerprint density at radius 2 is 2.00 bits per heavy atom. The molecule has 0 bridgehead atoms. The van der Waals surface area contributed by atoms with E-state index in [1.807, 2.05) is 18.2 Å². The van der Waals surface area contributed by atoms with Crippen LogP contribution in [-0.4, -0.2) is 30.0 Å². The maximum absolute atomic E-state index is 12.4. The standard InChI is InChI=1S/C20H19N3O5/c1-11-15(18(21)24)16-13(28-11)5-6-14(27-8-12-4-2-3-7-23-12)17(16)20(19(22)25)9-26-10-20/h2-7H,8-10H2,1H3,(H2,21,24)(H2,22,25). The second-order valence-corrected chi connectivity index (χ2v) is 6.76. The Morgan fingerprint density at radius 3 is 2.57 bits per heavy atom. The van der Waals surface area contributed by atoms with E-state index in [-0.39, 0.29) is 25.4 Å². The van der Waals surface area contributed by atoms with Crippen molar-refractivity contribution >= 4 is 22.8 Å². The van der Waals surface area contributed by atoms with Crippen LogP contribution in [0.25, 0.3) is 11.0 Å². The Hall–Kier alpha value is -3.39. The van der Waals surface area contributed by atoms with Crippen LogP contribution in [-0.2, 0) is 21.6 Å². The second-order valence-electron chi connectivity index (χ2n) is 6.76. The van der Waals surface area contributed by atoms with Crippen molar-refractivity contribution in [1.82, 2.24) is 4.98 Å². The summed E-state index contributed by atoms with van der Waals surface area (Å²) in [6, 6.07) is 8.86. The summed E-state index contributed by atoms with van der Waals surface area (Å²) in [4.78, 5) is 28.7. The average Bonchev–Trinajstić information content (AvgIpc) is 2.96. The summed E-state index contributed by atoms with van der Waals surface area (Å²) in [5, 5.41) is 0.436. The van der Waals surface area contributed by atoms with E-state index in [2.05, 4.69) is 4.98 Å². The van der Waals surface area contributed by atoms with Gasteiger partial charge in [0.2, 0.25) is 5.91 Å². The number of furan rings is 1. The minimum Gasteiger partial charge on any atom is -0.487 e. The largest absolute Gasteiger partial charge is 0.487 e. The molecule has 0 spiro atoms. The third kappa shape index (κ3) is 2.69. The highest BCUT2D eigenvalue weighted by Gasteiger charge is 2.50. The molecule has 0 radical (unpaired) electrons. The first kappa shape index (κ1) is 18.0. The molecule has 2 aromatic heterocycles. The van der Waals surface area contributed by atoms with Crippen molar-refractivity contribution in [3.05, 3.63) is 59.1 Å². The molecule has 1 saturated heterocycles. The van der Waals surface area contributed by atoms with Crippen LogP contribution in [0.1, 0.15) is 27.4 Å². The molecular formula is C20H19N3O5. The fourth-order valence-electron chi connectivity index (χ4n) is 3.53. The van der Waals surface area contributed by atoms with Gasteiger partial charge in [-0.2, -0.15) is 0 Å². The van der Waals surface area contributed by atoms with Crippen molar-refractivity contribution in [1.29, 1.82) is 0 Å². The summed E-state index contributed by atoms with van der Waals surface area (Å²) in [6.07, 6.45) is 1.66. The number of nitrogens with two attached hydrogens (primary N) is 2. The number of fused-ring (bicyclic) bond motifs is 1. The maximum atomic E-state index is 12.4. The van der Waals surface area contributed by atoms with Gasteiger partial charge in [-0.05, 0) is 31.2 Å². The highest BCUT2D eigenvalue weighted by molar-refractivity contribution is 6.10. The molecular weight excluding hydrogens is 362 g/mol. The van der Waals surface area contributed by atoms with Gasteiger partial charge in [0.25, 0.3) is 5.91 Å². The molecule has 0 aliphatic carbocycles. The van der Waals surface area contributed by atoms with E-state index in [1.165, 1.54) is 0 Å². The van der Waals surface area contributed by atoms with Crippen molar-refractivity contribution < 1.29 is 23.5 Å². The topological polar surface area (TPSA) is 131 Å². The van der Waals surface area contributed by atoms with Gasteiger partial charge in [0.15, 0.2) is 0 Å². The zero-order chi connectivity index (χ0) is 19.9. The molecule has 0 unspecified atom stereocenters. The van der Waals surface area contributed by atoms with E-state index in [1.54, 1.807) is 25.3 Å². The van der Waals surface area contributed by atoms with Crippen LogP contribution in [0.5, 0.6) is 5.75 Å². The van der Waals surface area contributed by atoms with E-state index < -0.39 is 17.2 Å². The first-order valence-electron chi connectivity index (χ1n) is 8.71. The van der Waals surface area contributed by atoms with Gasteiger partial charge in [-0.15, -0.1) is 0 Å². The van der Waals surface area contributed by atoms with Crippen LogP contribution in [0.4, 0.5) is 0 Å². The number of carbonyl (C=O) groups excluding carboxylic acids is 2. The van der Waals surface area contributed by atoms with Crippen LogP contribution in [0.15, 0.2) is 40.9 Å². The Labute approximate surface area is 160 Å². The van der Waals surface area contributed by atoms with Crippen molar-refractivity contribution in [2.24, 2.45) is 11.5 Å². The van der Waals surface area contributed by atoms with E-state index in [4.69, 9.17) is 25.4 Å². The van der Waals surface area contributed by atoms with Gasteiger partial charge in [0.1, 0.15) is 29.1 Å². The summed E-state index contributed by atoms with van der Waals surface area (Å²) in [5.74, 6) is -0.448. The Kier molecular flexibility index (Phi) is 4.27. The highest BCUT2D eigenvalue weighted by atomic mass is 16.5. The number of aromatic nitrogens is 1. The van der Waals surface area contributed by atoms with Crippen LogP contribution in [0.3, 0.4) is 0 Å². The number of rotatable bonds is 6. The summed E-state index contributed by atoms with van der Waals surface area (Å²) in [5.41, 5.74) is 12.0. The Morgan fingerprint density at radius 1 is 1.21 bits per heavy atom. The van der Waals surface area contributed by atoms with Gasteiger partial charge in [-0.1, -0.05) is 6.07 Å². The Balaban J connectivity index is 1.92. The fourth-order valence-corrected chi connectivity index (χ4v) is 3.53. The lowest BCUT2D eigenvalue weighted by Crippen LogP contribution is -2.56. The molecule has 4 rings (SSSR count). The average molecular weight is 381 g/mol. The van der Waals surface area contributed by atoms with Crippen molar-refractivity contribution in [2.75, 3.05) is 13.2 Å². The molecule has 0 saturated carbocycles. The molecule has 0 atom stereocenters. The fraction of sp³-hybridized carbons (Fsp3) is 0.250. The summed E-state index contributed by atoms with van der Waals surface area (Å²) in [7, 11) is 0. The zero-order valence-electron chi connectivity index (χ0n) is 15.2. The van der Waals surface area contributed by atoms with Crippen LogP contribution < -0.4 is 16.2 Å². The SMILES string of the molecule is Cc1oc2ccc(OCc3ccccn3)c(C3(C(N)=O)COC3)c2c1C(N)=O. The third-order valence-electron chi connectivity index (χ3n) is 4.99. The lowest BCUT2D eigenvalue weighted by Gasteiger charge is -2.40. The molecule has 28 heavy (non-hydrogen) atoms. The number of ether oxygens (including phenoxy) is 2. The molecule has 4 N–H and O–H groups in total. The molecule has 8 nitrogen and oxygen atoms in total. The third-order valence-corrected chi connectivity index (χ3v) is 4.99. The van der Waals surface area contributed by atoms with Crippen LogP contribution >= 0.6 is 0 Å². The smallest absolute Gasteiger partial charge is 0.252 e. The lowest BCUT2D eigenvalue weighted by molar-refractivity contribution is -0.141. The molecule has 144 valence electrons. The molecule has 1 aliphatic heterocycles. The first-order valence-corrected chi connectivity index (χ1v) is 8.71. The van der Waals surface area contributed by atoms with Crippen molar-refractivity contribution in [2.45, 2.75) is 18.9 Å². The summed E-state index contributed by atoms with van der Waals surface area (Å²) < 4.78 is 17.0. The number of pyridine rings is 1. The van der Waals surface area contributed by atoms with Gasteiger partial charge in [-0.3, -0.25) is 14.6 Å². The number of hydrogen-bond donors (Lipinski definition) is 2. The Bertz CT molecular complexity index is 1070. The van der Waals surface area contributed by atoms with E-state index >= 15 is 0 Å². The number of carbonyl (C=O) groups is 2. The first-order chi connectivity index (χ1) is 13.4. The minimum absolute atomic E-state index is 0.0871. The molecule has 1 aromatic carbocycles. The van der Waals surface area contributed by atoms with Gasteiger partial charge in [0.05, 0.1) is 24.5 Å². The number of aryl methyl sites for hydroxylation is 1. The molecule has 1 aliphatic rings. The predicted octanol–water partition coefficient (Wildman–Crippen LogP) is 1.57. The van der Waals surface area contributed by atoms with Gasteiger partial charge in [0, 0.05) is 17.1 Å². The van der Waals surface area contributed by atoms with Gasteiger partial charge in [-0.25, -0.2) is 0 Å². The molecule has 1 fully saturated rings. The van der Waals surface area contributed by atoms with Crippen molar-refractivity contribution in [3.63, 3.8) is 0 Å². The monoisotopic (exact) mass is 381 g/mol. The lowest BCUT2D eigenvalue weighted by atomic mass is 9.75. The normalized spacial score (nSPS) is 15.2. The number of benzene rings is 1. The molecule has 8 heteroatoms. The number of nitrogens with zero attached hydrogens (tertiary/aromatic N) is 1. The number of hydrogen-bond acceptors (Lipinski definition) is 6. The second kappa shape index (κ2) is 6.65. The van der Waals surface area contributed by atoms with E-state index in [9.17, 15) is 9.59 Å². The quantitative estimate of drug-likeness (QED) is 0.666. The highest BCUT2D eigenvalue weighted by Crippen LogP contribution is 2.45. The van der Waals surface area contributed by atoms with Gasteiger partial charge < -0.3 is 25.4 Å². The van der Waals surface area contributed by atoms with Crippen molar-refractivity contribution in [3.8, 4) is 5.75 Å². The summed E-state index contributed by atoms with van der Waals surface area (Å²) in [6.45, 7) is 2.00. The molecule has 2 amide bonds. The maximum Gasteiger partial charge on any atom is 0.252 e. The number of primary amides is 2.